The lowest BCUT2D eigenvalue weighted by Crippen LogP contribution is -2.45. The number of methoxy groups -OCH3 is 1. The van der Waals surface area contributed by atoms with Crippen LogP contribution in [0.5, 0.6) is 11.5 Å². The molecule has 118 valence electrons. The van der Waals surface area contributed by atoms with E-state index in [1.54, 1.807) is 6.07 Å². The molecule has 1 saturated heterocycles. The molecule has 0 amide bonds. The number of halogens is 3. The highest BCUT2D eigenvalue weighted by Gasteiger charge is 2.26. The van der Waals surface area contributed by atoms with E-state index in [0.29, 0.717) is 16.6 Å². The topological polar surface area (TPSA) is 44.7 Å². The highest BCUT2D eigenvalue weighted by atomic mass is 79.9. The number of rotatable bonds is 5. The Hall–Kier alpha value is -0.370. The second-order valence-electron chi connectivity index (χ2n) is 4.92. The molecule has 0 bridgehead atoms. The maximum atomic E-state index is 13.0. The fraction of sp³-hybridized carbons (Fsp3) is 0.571. The van der Waals surface area contributed by atoms with E-state index in [1.165, 1.54) is 7.11 Å². The molecule has 21 heavy (non-hydrogen) atoms. The van der Waals surface area contributed by atoms with E-state index < -0.39 is 0 Å². The molecule has 2 rings (SSSR count). The number of hydrogen-bond donors (Lipinski definition) is 2. The fourth-order valence-corrected chi connectivity index (χ4v) is 3.63. The van der Waals surface area contributed by atoms with Crippen molar-refractivity contribution in [1.29, 1.82) is 0 Å². The van der Waals surface area contributed by atoms with Gasteiger partial charge in [0, 0.05) is 36.7 Å². The number of aromatic hydroxyl groups is 1. The Labute approximate surface area is 140 Å². The summed E-state index contributed by atoms with van der Waals surface area (Å²) in [6.07, 6.45) is 0.416. The predicted octanol–water partition coefficient (Wildman–Crippen LogP) is 3.23. The number of phenols is 1. The molecule has 1 aliphatic rings. The van der Waals surface area contributed by atoms with Gasteiger partial charge in [-0.1, -0.05) is 0 Å². The predicted molar refractivity (Wildman–Crippen MR) is 87.8 cm³/mol. The summed E-state index contributed by atoms with van der Waals surface area (Å²) in [5.41, 5.74) is 0.927. The van der Waals surface area contributed by atoms with Crippen LogP contribution in [-0.2, 0) is 0 Å². The average molecular weight is 426 g/mol. The van der Waals surface area contributed by atoms with Crippen molar-refractivity contribution in [1.82, 2.24) is 10.2 Å². The monoisotopic (exact) mass is 424 g/mol. The molecule has 2 N–H and O–H groups in total. The number of nitrogens with zero attached hydrogens (tertiary/aromatic N) is 1. The van der Waals surface area contributed by atoms with Gasteiger partial charge in [0.2, 0.25) is 0 Å². The minimum Gasteiger partial charge on any atom is -0.503 e. The normalized spacial score (nSPS) is 17.7. The van der Waals surface area contributed by atoms with Crippen LogP contribution >= 0.6 is 31.9 Å². The lowest BCUT2D eigenvalue weighted by molar-refractivity contribution is 0.156. The molecule has 0 unspecified atom stereocenters. The summed E-state index contributed by atoms with van der Waals surface area (Å²) in [5.74, 6) is 0.437. The number of benzene rings is 1. The van der Waals surface area contributed by atoms with Crippen LogP contribution in [0.25, 0.3) is 0 Å². The largest absolute Gasteiger partial charge is 0.503 e. The van der Waals surface area contributed by atoms with Gasteiger partial charge in [-0.3, -0.25) is 9.29 Å². The SMILES string of the molecule is COc1cc([C@H](CCF)N2CCNCC2)c(Br)c(Br)c1O. The van der Waals surface area contributed by atoms with Gasteiger partial charge in [-0.15, -0.1) is 0 Å². The van der Waals surface area contributed by atoms with E-state index in [0.717, 1.165) is 36.2 Å². The molecular formula is C14H19Br2FN2O2. The molecule has 1 fully saturated rings. The maximum absolute atomic E-state index is 13.0. The molecule has 7 heteroatoms. The Morgan fingerprint density at radius 1 is 1.38 bits per heavy atom. The van der Waals surface area contributed by atoms with Crippen LogP contribution < -0.4 is 10.1 Å². The molecule has 0 radical (unpaired) electrons. The van der Waals surface area contributed by atoms with Crippen molar-refractivity contribution in [3.05, 3.63) is 20.6 Å². The number of hydrogen-bond acceptors (Lipinski definition) is 4. The molecule has 0 aromatic heterocycles. The smallest absolute Gasteiger partial charge is 0.173 e. The van der Waals surface area contributed by atoms with Crippen molar-refractivity contribution >= 4 is 31.9 Å². The number of phenolic OH excluding ortho intramolecular Hbond substituents is 1. The van der Waals surface area contributed by atoms with Crippen LogP contribution in [-0.4, -0.2) is 50.0 Å². The number of nitrogens with one attached hydrogen (secondary N) is 1. The van der Waals surface area contributed by atoms with Crippen molar-refractivity contribution in [3.8, 4) is 11.5 Å². The average Bonchev–Trinajstić information content (AvgIpc) is 2.52. The Bertz CT molecular complexity index is 496. The van der Waals surface area contributed by atoms with Crippen molar-refractivity contribution < 1.29 is 14.2 Å². The standard InChI is InChI=1S/C14H19Br2FN2O2/c1-21-11-8-9(12(15)13(16)14(11)20)10(2-3-17)19-6-4-18-5-7-19/h8,10,18,20H,2-7H2,1H3/t10-/m0/s1. The Balaban J connectivity index is 2.41. The first kappa shape index (κ1) is 17.0. The van der Waals surface area contributed by atoms with Crippen LogP contribution in [0.4, 0.5) is 4.39 Å². The molecule has 1 atom stereocenters. The number of ether oxygens (including phenoxy) is 1. The van der Waals surface area contributed by atoms with E-state index in [1.807, 2.05) is 0 Å². The lowest BCUT2D eigenvalue weighted by atomic mass is 10.0. The summed E-state index contributed by atoms with van der Waals surface area (Å²) in [7, 11) is 1.51. The van der Waals surface area contributed by atoms with Gasteiger partial charge in [-0.2, -0.15) is 0 Å². The zero-order chi connectivity index (χ0) is 15.4. The zero-order valence-corrected chi connectivity index (χ0v) is 15.0. The molecule has 0 aliphatic carbocycles. The van der Waals surface area contributed by atoms with E-state index in [9.17, 15) is 9.50 Å². The van der Waals surface area contributed by atoms with Gasteiger partial charge in [-0.25, -0.2) is 0 Å². The minimum atomic E-state index is -0.387. The Kier molecular flexibility index (Phi) is 6.28. The van der Waals surface area contributed by atoms with Crippen LogP contribution in [0.1, 0.15) is 18.0 Å². The third-order valence-electron chi connectivity index (χ3n) is 3.73. The summed E-state index contributed by atoms with van der Waals surface area (Å²) >= 11 is 6.87. The van der Waals surface area contributed by atoms with E-state index in [4.69, 9.17) is 4.74 Å². The summed E-state index contributed by atoms with van der Waals surface area (Å²) in [5, 5.41) is 13.3. The summed E-state index contributed by atoms with van der Waals surface area (Å²) < 4.78 is 19.5. The molecule has 4 nitrogen and oxygen atoms in total. The van der Waals surface area contributed by atoms with Gasteiger partial charge in [0.1, 0.15) is 0 Å². The first-order chi connectivity index (χ1) is 10.1. The van der Waals surface area contributed by atoms with Crippen molar-refractivity contribution in [2.24, 2.45) is 0 Å². The Morgan fingerprint density at radius 2 is 2.05 bits per heavy atom. The van der Waals surface area contributed by atoms with Gasteiger partial charge in [0.15, 0.2) is 11.5 Å². The van der Waals surface area contributed by atoms with Gasteiger partial charge >= 0.3 is 0 Å². The van der Waals surface area contributed by atoms with Gasteiger partial charge in [-0.05, 0) is 49.9 Å². The number of piperazine rings is 1. The molecular weight excluding hydrogens is 407 g/mol. The summed E-state index contributed by atoms with van der Waals surface area (Å²) in [6, 6.07) is 1.74. The molecule has 1 heterocycles. The van der Waals surface area contributed by atoms with Gasteiger partial charge < -0.3 is 15.2 Å². The maximum Gasteiger partial charge on any atom is 0.173 e. The Morgan fingerprint density at radius 3 is 2.62 bits per heavy atom. The highest BCUT2D eigenvalue weighted by Crippen LogP contribution is 2.45. The molecule has 1 aromatic carbocycles. The van der Waals surface area contributed by atoms with Gasteiger partial charge in [0.25, 0.3) is 0 Å². The zero-order valence-electron chi connectivity index (χ0n) is 11.8. The third-order valence-corrected chi connectivity index (χ3v) is 5.89. The number of alkyl halides is 1. The van der Waals surface area contributed by atoms with Crippen molar-refractivity contribution in [3.63, 3.8) is 0 Å². The third kappa shape index (κ3) is 3.70. The van der Waals surface area contributed by atoms with Crippen LogP contribution in [0.3, 0.4) is 0 Å². The molecule has 1 aromatic rings. The van der Waals surface area contributed by atoms with Crippen molar-refractivity contribution in [2.45, 2.75) is 12.5 Å². The van der Waals surface area contributed by atoms with Crippen LogP contribution in [0.2, 0.25) is 0 Å². The summed E-state index contributed by atoms with van der Waals surface area (Å²) in [6.45, 7) is 3.16. The first-order valence-corrected chi connectivity index (χ1v) is 8.44. The summed E-state index contributed by atoms with van der Waals surface area (Å²) in [4.78, 5) is 2.26. The van der Waals surface area contributed by atoms with E-state index in [2.05, 4.69) is 42.1 Å². The van der Waals surface area contributed by atoms with Gasteiger partial charge in [0.05, 0.1) is 18.3 Å². The quantitative estimate of drug-likeness (QED) is 0.760. The highest BCUT2D eigenvalue weighted by molar-refractivity contribution is 9.13. The van der Waals surface area contributed by atoms with Crippen LogP contribution in [0.15, 0.2) is 15.0 Å². The molecule has 0 spiro atoms. The van der Waals surface area contributed by atoms with Crippen LogP contribution in [0, 0.1) is 0 Å². The minimum absolute atomic E-state index is 0.0442. The first-order valence-electron chi connectivity index (χ1n) is 6.85. The molecule has 0 saturated carbocycles. The van der Waals surface area contributed by atoms with E-state index in [-0.39, 0.29) is 18.5 Å². The van der Waals surface area contributed by atoms with E-state index >= 15 is 0 Å². The second kappa shape index (κ2) is 7.76. The second-order valence-corrected chi connectivity index (χ2v) is 6.51. The van der Waals surface area contributed by atoms with Crippen molar-refractivity contribution in [2.75, 3.05) is 40.0 Å². The lowest BCUT2D eigenvalue weighted by Gasteiger charge is -2.35. The molecule has 1 aliphatic heterocycles. The fourth-order valence-electron chi connectivity index (χ4n) is 2.64.